The van der Waals surface area contributed by atoms with E-state index in [2.05, 4.69) is 10.1 Å². The van der Waals surface area contributed by atoms with E-state index < -0.39 is 12.8 Å². The van der Waals surface area contributed by atoms with Crippen LogP contribution in [0.25, 0.3) is 0 Å². The largest absolute Gasteiger partial charge is 0.484 e. The molecule has 1 aromatic carbocycles. The van der Waals surface area contributed by atoms with Crippen molar-refractivity contribution in [2.45, 2.75) is 18.6 Å². The monoisotopic (exact) mass is 277 g/mol. The molecule has 100 valence electrons. The van der Waals surface area contributed by atoms with Crippen molar-refractivity contribution in [3.63, 3.8) is 0 Å². The van der Waals surface area contributed by atoms with Crippen LogP contribution in [0, 0.1) is 0 Å². The number of hydrogen-bond donors (Lipinski definition) is 1. The number of nitrogens with one attached hydrogen (secondary N) is 1. The summed E-state index contributed by atoms with van der Waals surface area (Å²) in [5.74, 6) is 2.47. The van der Waals surface area contributed by atoms with Crippen LogP contribution < -0.4 is 10.1 Å². The zero-order chi connectivity index (χ0) is 13.0. The first-order valence-corrected chi connectivity index (χ1v) is 6.82. The van der Waals surface area contributed by atoms with Gasteiger partial charge in [-0.25, -0.2) is 0 Å². The van der Waals surface area contributed by atoms with Gasteiger partial charge in [0.25, 0.3) is 0 Å². The van der Waals surface area contributed by atoms with E-state index in [1.165, 1.54) is 0 Å². The van der Waals surface area contributed by atoms with Gasteiger partial charge in [-0.1, -0.05) is 0 Å². The number of hydrogen-bond acceptors (Lipinski definition) is 3. The third-order valence-electron chi connectivity index (χ3n) is 2.56. The van der Waals surface area contributed by atoms with E-state index in [0.717, 1.165) is 23.6 Å². The Morgan fingerprint density at radius 2 is 2.00 bits per heavy atom. The molecule has 1 aliphatic rings. The van der Waals surface area contributed by atoms with Crippen LogP contribution in [-0.4, -0.2) is 30.3 Å². The second-order valence-electron chi connectivity index (χ2n) is 4.13. The van der Waals surface area contributed by atoms with E-state index in [1.54, 1.807) is 24.3 Å². The summed E-state index contributed by atoms with van der Waals surface area (Å²) in [5, 5.41) is 3.34. The molecule has 0 spiro atoms. The molecule has 0 saturated carbocycles. The highest BCUT2D eigenvalue weighted by atomic mass is 32.2. The Morgan fingerprint density at radius 3 is 2.56 bits per heavy atom. The molecule has 6 heteroatoms. The Labute approximate surface area is 108 Å². The molecule has 1 aromatic rings. The highest BCUT2D eigenvalue weighted by Crippen LogP contribution is 2.23. The molecule has 1 heterocycles. The third-order valence-corrected chi connectivity index (χ3v) is 3.72. The van der Waals surface area contributed by atoms with Gasteiger partial charge in [-0.2, -0.15) is 24.9 Å². The quantitative estimate of drug-likeness (QED) is 0.909. The maximum atomic E-state index is 12.0. The topological polar surface area (TPSA) is 21.3 Å². The molecule has 1 saturated heterocycles. The van der Waals surface area contributed by atoms with Gasteiger partial charge in [-0.3, -0.25) is 0 Å². The molecule has 0 radical (unpaired) electrons. The highest BCUT2D eigenvalue weighted by Gasteiger charge is 2.28. The van der Waals surface area contributed by atoms with E-state index >= 15 is 0 Å². The Bertz CT molecular complexity index is 374. The van der Waals surface area contributed by atoms with Gasteiger partial charge in [0.1, 0.15) is 5.75 Å². The van der Waals surface area contributed by atoms with Gasteiger partial charge in [0.2, 0.25) is 0 Å². The van der Waals surface area contributed by atoms with Gasteiger partial charge < -0.3 is 10.1 Å². The molecule has 0 aliphatic carbocycles. The number of benzene rings is 1. The minimum Gasteiger partial charge on any atom is -0.484 e. The molecular formula is C12H14F3NOS. The Hall–Kier alpha value is -1.04. The predicted molar refractivity (Wildman–Crippen MR) is 67.3 cm³/mol. The van der Waals surface area contributed by atoms with E-state index in [0.29, 0.717) is 6.04 Å². The van der Waals surface area contributed by atoms with Crippen molar-refractivity contribution in [3.05, 3.63) is 24.3 Å². The number of anilines is 1. The molecule has 1 fully saturated rings. The van der Waals surface area contributed by atoms with Crippen LogP contribution in [0.1, 0.15) is 6.42 Å². The van der Waals surface area contributed by atoms with Crippen molar-refractivity contribution < 1.29 is 17.9 Å². The van der Waals surface area contributed by atoms with Crippen LogP contribution in [0.2, 0.25) is 0 Å². The van der Waals surface area contributed by atoms with Crippen molar-refractivity contribution >= 4 is 17.4 Å². The molecule has 2 nitrogen and oxygen atoms in total. The first kappa shape index (κ1) is 13.4. The first-order valence-electron chi connectivity index (χ1n) is 5.67. The van der Waals surface area contributed by atoms with Gasteiger partial charge in [0.15, 0.2) is 6.61 Å². The third kappa shape index (κ3) is 4.33. The van der Waals surface area contributed by atoms with Gasteiger partial charge in [0.05, 0.1) is 0 Å². The fraction of sp³-hybridized carbons (Fsp3) is 0.500. The summed E-state index contributed by atoms with van der Waals surface area (Å²) >= 11 is 1.90. The fourth-order valence-electron chi connectivity index (χ4n) is 1.70. The summed E-state index contributed by atoms with van der Waals surface area (Å²) in [6.45, 7) is -1.25. The molecule has 1 N–H and O–H groups in total. The molecule has 0 aromatic heterocycles. The van der Waals surface area contributed by atoms with Gasteiger partial charge in [-0.15, -0.1) is 0 Å². The second-order valence-corrected chi connectivity index (χ2v) is 5.28. The molecular weight excluding hydrogens is 263 g/mol. The lowest BCUT2D eigenvalue weighted by Gasteiger charge is -2.14. The molecule has 0 amide bonds. The highest BCUT2D eigenvalue weighted by molar-refractivity contribution is 7.99. The zero-order valence-corrected chi connectivity index (χ0v) is 10.5. The van der Waals surface area contributed by atoms with Crippen LogP contribution >= 0.6 is 11.8 Å². The zero-order valence-electron chi connectivity index (χ0n) is 9.67. The second kappa shape index (κ2) is 5.73. The molecule has 2 rings (SSSR count). The fourth-order valence-corrected chi connectivity index (χ4v) is 2.85. The summed E-state index contributed by atoms with van der Waals surface area (Å²) < 4.78 is 40.5. The van der Waals surface area contributed by atoms with Crippen molar-refractivity contribution in [1.29, 1.82) is 0 Å². The van der Waals surface area contributed by atoms with Crippen LogP contribution in [-0.2, 0) is 0 Å². The summed E-state index contributed by atoms with van der Waals surface area (Å²) in [7, 11) is 0. The number of ether oxygens (including phenoxy) is 1. The van der Waals surface area contributed by atoms with Crippen LogP contribution in [0.15, 0.2) is 24.3 Å². The summed E-state index contributed by atoms with van der Waals surface area (Å²) in [6.07, 6.45) is -3.17. The Morgan fingerprint density at radius 1 is 1.28 bits per heavy atom. The summed E-state index contributed by atoms with van der Waals surface area (Å²) in [5.41, 5.74) is 0.918. The van der Waals surface area contributed by atoms with Crippen molar-refractivity contribution in [2.24, 2.45) is 0 Å². The summed E-state index contributed by atoms with van der Waals surface area (Å²) in [4.78, 5) is 0. The number of alkyl halides is 3. The summed E-state index contributed by atoms with van der Waals surface area (Å²) in [6, 6.07) is 7.05. The van der Waals surface area contributed by atoms with Crippen molar-refractivity contribution in [2.75, 3.05) is 23.4 Å². The maximum Gasteiger partial charge on any atom is 0.422 e. The van der Waals surface area contributed by atoms with E-state index in [-0.39, 0.29) is 5.75 Å². The predicted octanol–water partition coefficient (Wildman–Crippen LogP) is 3.55. The SMILES string of the molecule is FC(F)(F)COc1ccc(NC2CCSC2)cc1. The van der Waals surface area contributed by atoms with Crippen molar-refractivity contribution in [3.8, 4) is 5.75 Å². The Kier molecular flexibility index (Phi) is 4.27. The van der Waals surface area contributed by atoms with Crippen molar-refractivity contribution in [1.82, 2.24) is 0 Å². The van der Waals surface area contributed by atoms with E-state index in [1.807, 2.05) is 11.8 Å². The Balaban J connectivity index is 1.85. The van der Waals surface area contributed by atoms with Crippen LogP contribution in [0.4, 0.5) is 18.9 Å². The average Bonchev–Trinajstić information content (AvgIpc) is 2.80. The lowest BCUT2D eigenvalue weighted by molar-refractivity contribution is -0.153. The molecule has 1 atom stereocenters. The van der Waals surface area contributed by atoms with Crippen LogP contribution in [0.3, 0.4) is 0 Å². The minimum atomic E-state index is -4.29. The van der Waals surface area contributed by atoms with Crippen LogP contribution in [0.5, 0.6) is 5.75 Å². The number of halogens is 3. The smallest absolute Gasteiger partial charge is 0.422 e. The number of thioether (sulfide) groups is 1. The molecule has 0 bridgehead atoms. The minimum absolute atomic E-state index is 0.235. The maximum absolute atomic E-state index is 12.0. The normalized spacial score (nSPS) is 19.8. The van der Waals surface area contributed by atoms with E-state index in [4.69, 9.17) is 0 Å². The lowest BCUT2D eigenvalue weighted by atomic mass is 10.2. The average molecular weight is 277 g/mol. The molecule has 18 heavy (non-hydrogen) atoms. The van der Waals surface area contributed by atoms with Gasteiger partial charge in [-0.05, 0) is 36.4 Å². The first-order chi connectivity index (χ1) is 8.53. The molecule has 1 unspecified atom stereocenters. The molecule has 1 aliphatic heterocycles. The number of rotatable bonds is 4. The van der Waals surface area contributed by atoms with Gasteiger partial charge in [0, 0.05) is 17.5 Å². The van der Waals surface area contributed by atoms with E-state index in [9.17, 15) is 13.2 Å². The lowest BCUT2D eigenvalue weighted by Crippen LogP contribution is -2.19. The van der Waals surface area contributed by atoms with Gasteiger partial charge >= 0.3 is 6.18 Å². The standard InChI is InChI=1S/C12H14F3NOS/c13-12(14,15)8-17-11-3-1-9(2-4-11)16-10-5-6-18-7-10/h1-4,10,16H,5-8H2.